The van der Waals surface area contributed by atoms with Gasteiger partial charge >= 0.3 is 0 Å². The van der Waals surface area contributed by atoms with Crippen molar-refractivity contribution in [3.05, 3.63) is 72.3 Å². The van der Waals surface area contributed by atoms with E-state index < -0.39 is 29.6 Å². The van der Waals surface area contributed by atoms with Crippen molar-refractivity contribution < 1.29 is 23.9 Å². The van der Waals surface area contributed by atoms with E-state index in [1.165, 1.54) is 24.8 Å². The molecule has 47 heavy (non-hydrogen) atoms. The normalized spacial score (nSPS) is 29.2. The molecule has 3 saturated heterocycles. The molecule has 1 saturated carbocycles. The van der Waals surface area contributed by atoms with Gasteiger partial charge in [-0.3, -0.25) is 14.4 Å². The Balaban J connectivity index is 1.04. The number of benzene rings is 2. The maximum absolute atomic E-state index is 14.4. The minimum Gasteiger partial charge on any atom is -0.497 e. The van der Waals surface area contributed by atoms with Gasteiger partial charge in [0, 0.05) is 24.3 Å². The lowest BCUT2D eigenvalue weighted by Gasteiger charge is -2.35. The van der Waals surface area contributed by atoms with E-state index >= 15 is 0 Å². The molecule has 4 heterocycles. The second-order valence-corrected chi connectivity index (χ2v) is 14.1. The molecule has 0 radical (unpaired) electrons. The van der Waals surface area contributed by atoms with Gasteiger partial charge in [-0.1, -0.05) is 67.8 Å². The Hall–Kier alpha value is -3.69. The molecule has 250 valence electrons. The van der Waals surface area contributed by atoms with Crippen LogP contribution in [0.15, 0.2) is 66.7 Å². The summed E-state index contributed by atoms with van der Waals surface area (Å²) >= 11 is 0. The minimum absolute atomic E-state index is 0.107. The highest BCUT2D eigenvalue weighted by Gasteiger charge is 2.72. The summed E-state index contributed by atoms with van der Waals surface area (Å²) < 4.78 is 11.9. The number of likely N-dealkylation sites (tertiary alicyclic amines) is 2. The molecule has 7 rings (SSSR count). The van der Waals surface area contributed by atoms with Crippen molar-refractivity contribution in [2.45, 2.75) is 81.6 Å². The lowest BCUT2D eigenvalue weighted by molar-refractivity contribution is -0.141. The molecule has 2 aromatic carbocycles. The number of carbonyl (C=O) groups is 3. The molecule has 0 unspecified atom stereocenters. The summed E-state index contributed by atoms with van der Waals surface area (Å²) in [5.41, 5.74) is 0.852. The Morgan fingerprint density at radius 1 is 0.957 bits per heavy atom. The van der Waals surface area contributed by atoms with Crippen molar-refractivity contribution in [1.82, 2.24) is 15.1 Å². The van der Waals surface area contributed by atoms with Crippen LogP contribution in [0.25, 0.3) is 0 Å². The zero-order valence-electron chi connectivity index (χ0n) is 27.4. The van der Waals surface area contributed by atoms with Crippen LogP contribution in [0, 0.1) is 17.8 Å². The number of anilines is 1. The average Bonchev–Trinajstić information content (AvgIpc) is 3.74. The maximum Gasteiger partial charge on any atom is 0.246 e. The Labute approximate surface area is 278 Å². The number of rotatable bonds is 11. The first-order valence-corrected chi connectivity index (χ1v) is 17.6. The number of hydrogen-bond acceptors (Lipinski definition) is 6. The predicted octanol–water partition coefficient (Wildman–Crippen LogP) is 4.58. The molecule has 2 aromatic rings. The van der Waals surface area contributed by atoms with Crippen LogP contribution in [0.2, 0.25) is 0 Å². The standard InChI is InChI=1S/C38H48N4O5/c1-46-30-15-8-14-29(25-30)40-35(43)32-31-16-19-38(47-31)33(32)37(45)42(34(38)36(44)39-28-12-6-3-7-13-28)21-9-20-41-22-17-27(18-23-41)24-26-10-4-2-5-11-26/h2,4-5,8,10-11,14-16,19,25,27-28,31-34H,3,6-7,9,12-13,17-18,20-24H2,1H3,(H,39,44)(H,40,43)/t31-,32+,33-,34+,38-/m1/s1. The Bertz CT molecular complexity index is 1470. The highest BCUT2D eigenvalue weighted by Crippen LogP contribution is 2.55. The number of hydrogen-bond donors (Lipinski definition) is 2. The molecular formula is C38H48N4O5. The zero-order valence-corrected chi connectivity index (χ0v) is 27.4. The third-order valence-electron chi connectivity index (χ3n) is 11.2. The smallest absolute Gasteiger partial charge is 0.246 e. The van der Waals surface area contributed by atoms with Crippen molar-refractivity contribution in [3.8, 4) is 5.75 Å². The van der Waals surface area contributed by atoms with Gasteiger partial charge in [-0.15, -0.1) is 0 Å². The Morgan fingerprint density at radius 3 is 2.51 bits per heavy atom. The van der Waals surface area contributed by atoms with Crippen LogP contribution >= 0.6 is 0 Å². The summed E-state index contributed by atoms with van der Waals surface area (Å²) in [5, 5.41) is 6.28. The number of amides is 3. The molecule has 4 aliphatic heterocycles. The second kappa shape index (κ2) is 13.8. The van der Waals surface area contributed by atoms with Crippen molar-refractivity contribution >= 4 is 23.4 Å². The fraction of sp³-hybridized carbons (Fsp3) is 0.553. The maximum atomic E-state index is 14.4. The molecule has 3 amide bonds. The number of piperidine rings is 1. The van der Waals surface area contributed by atoms with Crippen LogP contribution in [0.1, 0.15) is 56.9 Å². The lowest BCUT2D eigenvalue weighted by atomic mass is 9.74. The topological polar surface area (TPSA) is 100 Å². The molecule has 9 heteroatoms. The molecule has 1 spiro atoms. The summed E-state index contributed by atoms with van der Waals surface area (Å²) in [4.78, 5) is 46.5. The zero-order chi connectivity index (χ0) is 32.4. The summed E-state index contributed by atoms with van der Waals surface area (Å²) in [6.07, 6.45) is 12.7. The molecule has 2 N–H and O–H groups in total. The van der Waals surface area contributed by atoms with Gasteiger partial charge in [0.25, 0.3) is 0 Å². The van der Waals surface area contributed by atoms with E-state index in [9.17, 15) is 14.4 Å². The fourth-order valence-corrected chi connectivity index (χ4v) is 8.79. The van der Waals surface area contributed by atoms with Crippen LogP contribution in [0.4, 0.5) is 5.69 Å². The van der Waals surface area contributed by atoms with Gasteiger partial charge in [-0.25, -0.2) is 0 Å². The number of nitrogens with one attached hydrogen (secondary N) is 2. The predicted molar refractivity (Wildman–Crippen MR) is 180 cm³/mol. The molecule has 9 nitrogen and oxygen atoms in total. The van der Waals surface area contributed by atoms with E-state index in [2.05, 4.69) is 45.9 Å². The molecule has 5 aliphatic rings. The number of fused-ring (bicyclic) bond motifs is 1. The molecular weight excluding hydrogens is 592 g/mol. The first-order chi connectivity index (χ1) is 22.9. The third kappa shape index (κ3) is 6.44. The highest BCUT2D eigenvalue weighted by atomic mass is 16.5. The van der Waals surface area contributed by atoms with Gasteiger partial charge < -0.3 is 29.9 Å². The monoisotopic (exact) mass is 640 g/mol. The van der Waals surface area contributed by atoms with E-state index in [0.29, 0.717) is 23.9 Å². The first-order valence-electron chi connectivity index (χ1n) is 17.6. The van der Waals surface area contributed by atoms with Gasteiger partial charge in [-0.2, -0.15) is 0 Å². The van der Waals surface area contributed by atoms with Crippen molar-refractivity contribution in [3.63, 3.8) is 0 Å². The SMILES string of the molecule is COc1cccc(NC(=O)[C@H]2[C@H]3C=C[C@]4(O3)[C@H](C(=O)NC3CCCCC3)N(CCCN3CCC(Cc5ccccc5)CC3)C(=O)[C@@H]24)c1. The minimum atomic E-state index is -1.15. The number of methoxy groups -OCH3 is 1. The number of ether oxygens (including phenoxy) is 2. The summed E-state index contributed by atoms with van der Waals surface area (Å²) in [6.45, 7) is 3.42. The largest absolute Gasteiger partial charge is 0.497 e. The molecule has 2 bridgehead atoms. The van der Waals surface area contributed by atoms with Crippen molar-refractivity contribution in [2.24, 2.45) is 17.8 Å². The molecule has 4 fully saturated rings. The van der Waals surface area contributed by atoms with E-state index in [0.717, 1.165) is 58.2 Å². The highest BCUT2D eigenvalue weighted by molar-refractivity contribution is 6.02. The van der Waals surface area contributed by atoms with Crippen LogP contribution < -0.4 is 15.4 Å². The molecule has 0 aromatic heterocycles. The molecule has 1 aliphatic carbocycles. The average molecular weight is 641 g/mol. The Kier molecular flexibility index (Phi) is 9.37. The fourth-order valence-electron chi connectivity index (χ4n) is 8.79. The van der Waals surface area contributed by atoms with Gasteiger partial charge in [0.1, 0.15) is 17.4 Å². The van der Waals surface area contributed by atoms with E-state index in [1.54, 1.807) is 24.1 Å². The number of carbonyl (C=O) groups excluding carboxylic acids is 3. The Morgan fingerprint density at radius 2 is 1.74 bits per heavy atom. The van der Waals surface area contributed by atoms with Crippen molar-refractivity contribution in [1.29, 1.82) is 0 Å². The van der Waals surface area contributed by atoms with Gasteiger partial charge in [0.15, 0.2) is 0 Å². The third-order valence-corrected chi connectivity index (χ3v) is 11.2. The van der Waals surface area contributed by atoms with Crippen LogP contribution in [0.5, 0.6) is 5.75 Å². The lowest BCUT2D eigenvalue weighted by Crippen LogP contribution is -2.56. The van der Waals surface area contributed by atoms with E-state index in [-0.39, 0.29) is 23.8 Å². The van der Waals surface area contributed by atoms with E-state index in [1.807, 2.05) is 24.3 Å². The summed E-state index contributed by atoms with van der Waals surface area (Å²) in [5.74, 6) is -0.747. The van der Waals surface area contributed by atoms with Crippen molar-refractivity contribution in [2.75, 3.05) is 38.6 Å². The first kappa shape index (κ1) is 31.9. The van der Waals surface area contributed by atoms with Gasteiger partial charge in [-0.05, 0) is 81.8 Å². The van der Waals surface area contributed by atoms with Gasteiger partial charge in [0.2, 0.25) is 17.7 Å². The summed E-state index contributed by atoms with van der Waals surface area (Å²) in [6, 6.07) is 17.2. The molecule has 5 atom stereocenters. The second-order valence-electron chi connectivity index (χ2n) is 14.1. The van der Waals surface area contributed by atoms with Crippen LogP contribution in [0.3, 0.4) is 0 Å². The van der Waals surface area contributed by atoms with Crippen LogP contribution in [-0.4, -0.2) is 84.6 Å². The number of nitrogens with zero attached hydrogens (tertiary/aromatic N) is 2. The van der Waals surface area contributed by atoms with E-state index in [4.69, 9.17) is 9.47 Å². The quantitative estimate of drug-likeness (QED) is 0.349. The van der Waals surface area contributed by atoms with Crippen LogP contribution in [-0.2, 0) is 25.5 Å². The summed E-state index contributed by atoms with van der Waals surface area (Å²) in [7, 11) is 1.58. The van der Waals surface area contributed by atoms with Gasteiger partial charge in [0.05, 0.1) is 25.0 Å².